The van der Waals surface area contributed by atoms with Gasteiger partial charge < -0.3 is 15.2 Å². The van der Waals surface area contributed by atoms with Gasteiger partial charge in [-0.25, -0.2) is 8.78 Å². The van der Waals surface area contributed by atoms with Crippen LogP contribution in [-0.4, -0.2) is 42.9 Å². The minimum Gasteiger partial charge on any atom is -0.392 e. The van der Waals surface area contributed by atoms with Crippen LogP contribution in [0, 0.1) is 11.6 Å². The Kier molecular flexibility index (Phi) is 10.1. The van der Waals surface area contributed by atoms with Crippen LogP contribution in [0.3, 0.4) is 0 Å². The quantitative estimate of drug-likeness (QED) is 0.413. The Morgan fingerprint density at radius 2 is 1.47 bits per heavy atom. The molecular formula is C22H22ClF8NO2. The number of rotatable bonds is 5. The molecule has 190 valence electrons. The van der Waals surface area contributed by atoms with E-state index in [1.165, 1.54) is 0 Å². The molecule has 12 heteroatoms. The van der Waals surface area contributed by atoms with Crippen molar-refractivity contribution in [1.29, 1.82) is 0 Å². The van der Waals surface area contributed by atoms with Crippen molar-refractivity contribution in [2.24, 2.45) is 0 Å². The minimum absolute atomic E-state index is 0.0403. The first-order chi connectivity index (χ1) is 15.8. The van der Waals surface area contributed by atoms with Crippen LogP contribution in [0.2, 0.25) is 0 Å². The summed E-state index contributed by atoms with van der Waals surface area (Å²) in [6, 6.07) is 4.54. The number of hydrogen-bond acceptors (Lipinski definition) is 3. The van der Waals surface area contributed by atoms with Gasteiger partial charge in [-0.05, 0) is 47.5 Å². The third kappa shape index (κ3) is 8.68. The summed E-state index contributed by atoms with van der Waals surface area (Å²) in [5, 5.41) is 12.2. The zero-order valence-electron chi connectivity index (χ0n) is 17.6. The third-order valence-electron chi connectivity index (χ3n) is 4.83. The summed E-state index contributed by atoms with van der Waals surface area (Å²) in [6.45, 7) is 1.72. The minimum atomic E-state index is -4.52. The fourth-order valence-corrected chi connectivity index (χ4v) is 3.23. The topological polar surface area (TPSA) is 41.5 Å². The van der Waals surface area contributed by atoms with Crippen molar-refractivity contribution < 1.29 is 45.0 Å². The maximum Gasteiger partial charge on any atom is 0.416 e. The Morgan fingerprint density at radius 1 is 0.941 bits per heavy atom. The number of benzene rings is 2. The lowest BCUT2D eigenvalue weighted by Crippen LogP contribution is -2.39. The smallest absolute Gasteiger partial charge is 0.392 e. The molecule has 0 radical (unpaired) electrons. The Balaban J connectivity index is 0.000000242. The average molecular weight is 520 g/mol. The lowest BCUT2D eigenvalue weighted by molar-refractivity contribution is -0.138. The molecule has 0 unspecified atom stereocenters. The molecule has 2 aromatic carbocycles. The number of ether oxygens (including phenoxy) is 1. The summed E-state index contributed by atoms with van der Waals surface area (Å²) in [6.07, 6.45) is -10.4. The summed E-state index contributed by atoms with van der Waals surface area (Å²) in [7, 11) is 0. The normalized spacial score (nSPS) is 17.6. The molecule has 3 nitrogen and oxygen atoms in total. The Labute approximate surface area is 195 Å². The molecule has 1 aliphatic heterocycles. The fourth-order valence-electron chi connectivity index (χ4n) is 3.12. The SMILES string of the molecule is Fc1ccc(C(F)(F)F)cc1C[C@@H]1CNCCO1.O[C@@H](CCl)Cc1cc(C(F)(F)F)ccc1F. The van der Waals surface area contributed by atoms with Crippen molar-refractivity contribution in [3.63, 3.8) is 0 Å². The zero-order valence-corrected chi connectivity index (χ0v) is 18.4. The van der Waals surface area contributed by atoms with Gasteiger partial charge in [-0.1, -0.05) is 0 Å². The van der Waals surface area contributed by atoms with E-state index in [-0.39, 0.29) is 36.0 Å². The van der Waals surface area contributed by atoms with Gasteiger partial charge in [-0.3, -0.25) is 0 Å². The van der Waals surface area contributed by atoms with Crippen LogP contribution in [0.4, 0.5) is 35.1 Å². The van der Waals surface area contributed by atoms with Gasteiger partial charge in [0.05, 0.1) is 29.9 Å². The van der Waals surface area contributed by atoms with Crippen LogP contribution in [0.15, 0.2) is 36.4 Å². The van der Waals surface area contributed by atoms with Crippen LogP contribution in [0.25, 0.3) is 0 Å². The molecule has 34 heavy (non-hydrogen) atoms. The summed E-state index contributed by atoms with van der Waals surface area (Å²) in [5.41, 5.74) is -1.92. The molecule has 2 N–H and O–H groups in total. The van der Waals surface area contributed by atoms with Gasteiger partial charge in [0.2, 0.25) is 0 Å². The highest BCUT2D eigenvalue weighted by molar-refractivity contribution is 6.18. The van der Waals surface area contributed by atoms with Crippen LogP contribution in [0.5, 0.6) is 0 Å². The first-order valence-corrected chi connectivity index (χ1v) is 10.6. The summed E-state index contributed by atoms with van der Waals surface area (Å²) < 4.78 is 106. The van der Waals surface area contributed by atoms with E-state index in [1.54, 1.807) is 0 Å². The molecule has 2 atom stereocenters. The van der Waals surface area contributed by atoms with Crippen molar-refractivity contribution in [3.05, 3.63) is 70.3 Å². The highest BCUT2D eigenvalue weighted by atomic mass is 35.5. The third-order valence-corrected chi connectivity index (χ3v) is 5.19. The zero-order chi connectivity index (χ0) is 25.5. The average Bonchev–Trinajstić information content (AvgIpc) is 2.76. The monoisotopic (exact) mass is 519 g/mol. The van der Waals surface area contributed by atoms with E-state index in [2.05, 4.69) is 5.32 Å². The molecule has 2 aromatic rings. The summed E-state index contributed by atoms with van der Waals surface area (Å²) >= 11 is 5.29. The number of aliphatic hydroxyl groups is 1. The standard InChI is InChI=1S/C12H13F4NO.C10H9ClF4O/c13-11-2-1-9(12(14,15)16)5-8(11)6-10-7-17-3-4-18-10;11-5-8(16)4-6-3-7(10(13,14)15)1-2-9(6)12/h1-2,5,10,17H,3-4,6-7H2;1-3,8,16H,4-5H2/t10-;8-/m11/s1. The number of aliphatic hydroxyl groups excluding tert-OH is 1. The van der Waals surface area contributed by atoms with Crippen LogP contribution >= 0.6 is 11.6 Å². The second kappa shape index (κ2) is 12.1. The first kappa shape index (κ1) is 28.3. The van der Waals surface area contributed by atoms with Gasteiger partial charge in [-0.15, -0.1) is 11.6 Å². The van der Waals surface area contributed by atoms with Gasteiger partial charge >= 0.3 is 12.4 Å². The molecule has 1 aliphatic rings. The second-order valence-electron chi connectivity index (χ2n) is 7.52. The molecule has 0 aliphatic carbocycles. The van der Waals surface area contributed by atoms with Crippen molar-refractivity contribution in [2.45, 2.75) is 37.4 Å². The largest absolute Gasteiger partial charge is 0.416 e. The van der Waals surface area contributed by atoms with Gasteiger partial charge in [0.25, 0.3) is 0 Å². The molecule has 3 rings (SSSR count). The molecule has 1 heterocycles. The number of alkyl halides is 7. The van der Waals surface area contributed by atoms with E-state index >= 15 is 0 Å². The highest BCUT2D eigenvalue weighted by Crippen LogP contribution is 2.31. The molecular weight excluding hydrogens is 498 g/mol. The van der Waals surface area contributed by atoms with Crippen LogP contribution in [-0.2, 0) is 29.9 Å². The highest BCUT2D eigenvalue weighted by Gasteiger charge is 2.32. The Bertz CT molecular complexity index is 930. The Morgan fingerprint density at radius 3 is 1.94 bits per heavy atom. The summed E-state index contributed by atoms with van der Waals surface area (Å²) in [4.78, 5) is 0. The summed E-state index contributed by atoms with van der Waals surface area (Å²) in [5.74, 6) is -1.57. The number of halogens is 9. The predicted octanol–water partition coefficient (Wildman–Crippen LogP) is 5.36. The van der Waals surface area contributed by atoms with Crippen molar-refractivity contribution >= 4 is 11.6 Å². The van der Waals surface area contributed by atoms with Gasteiger partial charge in [-0.2, -0.15) is 26.3 Å². The van der Waals surface area contributed by atoms with E-state index in [4.69, 9.17) is 21.4 Å². The molecule has 0 bridgehead atoms. The van der Waals surface area contributed by atoms with E-state index in [0.29, 0.717) is 31.8 Å². The van der Waals surface area contributed by atoms with Gasteiger partial charge in [0, 0.05) is 31.8 Å². The molecule has 0 amide bonds. The van der Waals surface area contributed by atoms with Crippen molar-refractivity contribution in [1.82, 2.24) is 5.32 Å². The van der Waals surface area contributed by atoms with E-state index in [1.807, 2.05) is 0 Å². The molecule has 0 spiro atoms. The molecule has 1 fully saturated rings. The Hall–Kier alpha value is -1.95. The molecule has 0 saturated carbocycles. The molecule has 0 aromatic heterocycles. The van der Waals surface area contributed by atoms with Crippen LogP contribution < -0.4 is 5.32 Å². The van der Waals surface area contributed by atoms with E-state index < -0.39 is 41.2 Å². The second-order valence-corrected chi connectivity index (χ2v) is 7.83. The van der Waals surface area contributed by atoms with E-state index in [9.17, 15) is 35.1 Å². The first-order valence-electron chi connectivity index (χ1n) is 10.1. The lowest BCUT2D eigenvalue weighted by atomic mass is 10.0. The van der Waals surface area contributed by atoms with Crippen LogP contribution in [0.1, 0.15) is 22.3 Å². The maximum atomic E-state index is 13.5. The van der Waals surface area contributed by atoms with Gasteiger partial charge in [0.1, 0.15) is 11.6 Å². The maximum absolute atomic E-state index is 13.5. The lowest BCUT2D eigenvalue weighted by Gasteiger charge is -2.24. The van der Waals surface area contributed by atoms with Crippen molar-refractivity contribution in [3.8, 4) is 0 Å². The van der Waals surface area contributed by atoms with Crippen molar-refractivity contribution in [2.75, 3.05) is 25.6 Å². The molecule has 1 saturated heterocycles. The number of nitrogens with one attached hydrogen (secondary N) is 1. The number of hydrogen-bond donors (Lipinski definition) is 2. The number of morpholine rings is 1. The predicted molar refractivity (Wildman–Crippen MR) is 110 cm³/mol. The van der Waals surface area contributed by atoms with Gasteiger partial charge in [0.15, 0.2) is 0 Å². The fraction of sp³-hybridized carbons (Fsp3) is 0.455. The van der Waals surface area contributed by atoms with E-state index in [0.717, 1.165) is 24.3 Å².